The maximum Gasteiger partial charge on any atom is 0.251 e. The fourth-order valence-electron chi connectivity index (χ4n) is 0.429. The summed E-state index contributed by atoms with van der Waals surface area (Å²) >= 11 is 6.60. The van der Waals surface area contributed by atoms with E-state index >= 15 is 0 Å². The SMILES string of the molecule is O=C(S)c1ccc(Br)o1. The first kappa shape index (κ1) is 6.89. The summed E-state index contributed by atoms with van der Waals surface area (Å²) in [6.07, 6.45) is 0. The van der Waals surface area contributed by atoms with Crippen LogP contribution in [-0.4, -0.2) is 5.12 Å². The minimum Gasteiger partial charge on any atom is -0.445 e. The summed E-state index contributed by atoms with van der Waals surface area (Å²) in [6.45, 7) is 0. The summed E-state index contributed by atoms with van der Waals surface area (Å²) in [4.78, 5) is 10.4. The zero-order valence-corrected chi connectivity index (χ0v) is 6.78. The van der Waals surface area contributed by atoms with Gasteiger partial charge in [0.1, 0.15) is 0 Å². The van der Waals surface area contributed by atoms with Crippen LogP contribution < -0.4 is 0 Å². The van der Waals surface area contributed by atoms with Gasteiger partial charge in [0.25, 0.3) is 5.12 Å². The highest BCUT2D eigenvalue weighted by Gasteiger charge is 2.03. The van der Waals surface area contributed by atoms with Crippen LogP contribution in [0.15, 0.2) is 21.2 Å². The predicted molar refractivity (Wildman–Crippen MR) is 39.7 cm³/mol. The normalized spacial score (nSPS) is 9.56. The summed E-state index contributed by atoms with van der Waals surface area (Å²) < 4.78 is 5.38. The number of hydrogen-bond donors (Lipinski definition) is 1. The molecular formula is C5H3BrO2S. The van der Waals surface area contributed by atoms with E-state index in [0.717, 1.165) is 0 Å². The Labute approximate surface area is 65.8 Å². The standard InChI is InChI=1S/C5H3BrO2S/c6-4-2-1-3(8-4)5(7)9/h1-2H,(H,7,9). The van der Waals surface area contributed by atoms with Crippen molar-refractivity contribution in [3.05, 3.63) is 22.6 Å². The van der Waals surface area contributed by atoms with E-state index in [-0.39, 0.29) is 10.9 Å². The third kappa shape index (κ3) is 1.59. The molecule has 0 N–H and O–H groups in total. The van der Waals surface area contributed by atoms with Crippen LogP contribution in [0, 0.1) is 0 Å². The van der Waals surface area contributed by atoms with Crippen molar-refractivity contribution < 1.29 is 9.21 Å². The van der Waals surface area contributed by atoms with Gasteiger partial charge in [0.2, 0.25) is 0 Å². The first-order valence-corrected chi connectivity index (χ1v) is 3.43. The Morgan fingerprint density at radius 2 is 2.33 bits per heavy atom. The van der Waals surface area contributed by atoms with Crippen LogP contribution in [0.2, 0.25) is 0 Å². The summed E-state index contributed by atoms with van der Waals surface area (Å²) in [5, 5.41) is -0.360. The number of carbonyl (C=O) groups is 1. The molecule has 0 aliphatic heterocycles. The molecule has 0 saturated heterocycles. The first-order chi connectivity index (χ1) is 4.20. The molecule has 0 fully saturated rings. The molecule has 0 aliphatic rings. The number of halogens is 1. The maximum absolute atomic E-state index is 10.4. The molecule has 1 heterocycles. The Balaban J connectivity index is 2.98. The minimum absolute atomic E-state index is 0.255. The lowest BCUT2D eigenvalue weighted by Gasteiger charge is -1.81. The molecule has 0 bridgehead atoms. The van der Waals surface area contributed by atoms with Gasteiger partial charge in [-0.15, -0.1) is 0 Å². The van der Waals surface area contributed by atoms with Crippen LogP contribution in [0.4, 0.5) is 0 Å². The number of hydrogen-bond acceptors (Lipinski definition) is 2. The van der Waals surface area contributed by atoms with Crippen LogP contribution in [0.25, 0.3) is 0 Å². The third-order valence-electron chi connectivity index (χ3n) is 0.784. The molecule has 1 aromatic heterocycles. The van der Waals surface area contributed by atoms with Gasteiger partial charge in [0.05, 0.1) is 0 Å². The highest BCUT2D eigenvalue weighted by atomic mass is 79.9. The van der Waals surface area contributed by atoms with Crippen LogP contribution in [-0.2, 0) is 0 Å². The van der Waals surface area contributed by atoms with Gasteiger partial charge in [0, 0.05) is 0 Å². The van der Waals surface area contributed by atoms with Crippen molar-refractivity contribution in [3.8, 4) is 0 Å². The van der Waals surface area contributed by atoms with Crippen LogP contribution in [0.1, 0.15) is 10.6 Å². The quantitative estimate of drug-likeness (QED) is 0.714. The third-order valence-corrected chi connectivity index (χ3v) is 1.43. The molecule has 0 atom stereocenters. The highest BCUT2D eigenvalue weighted by Crippen LogP contribution is 2.14. The van der Waals surface area contributed by atoms with Gasteiger partial charge in [-0.3, -0.25) is 4.79 Å². The van der Waals surface area contributed by atoms with E-state index in [4.69, 9.17) is 4.42 Å². The van der Waals surface area contributed by atoms with E-state index in [0.29, 0.717) is 4.67 Å². The summed E-state index contributed by atoms with van der Waals surface area (Å²) in [5.74, 6) is 0.255. The Morgan fingerprint density at radius 3 is 2.56 bits per heavy atom. The van der Waals surface area contributed by atoms with Gasteiger partial charge in [-0.05, 0) is 28.1 Å². The molecule has 0 saturated carbocycles. The lowest BCUT2D eigenvalue weighted by molar-refractivity contribution is 0.106. The van der Waals surface area contributed by atoms with Crippen molar-refractivity contribution in [1.29, 1.82) is 0 Å². The summed E-state index contributed by atoms with van der Waals surface area (Å²) in [6, 6.07) is 3.20. The van der Waals surface area contributed by atoms with Gasteiger partial charge in [-0.25, -0.2) is 0 Å². The van der Waals surface area contributed by atoms with E-state index in [1.165, 1.54) is 0 Å². The highest BCUT2D eigenvalue weighted by molar-refractivity contribution is 9.10. The summed E-state index contributed by atoms with van der Waals surface area (Å²) in [7, 11) is 0. The molecule has 2 nitrogen and oxygen atoms in total. The monoisotopic (exact) mass is 206 g/mol. The molecule has 0 unspecified atom stereocenters. The lowest BCUT2D eigenvalue weighted by Crippen LogP contribution is -1.81. The molecule has 4 heteroatoms. The molecule has 48 valence electrons. The van der Waals surface area contributed by atoms with Crippen molar-refractivity contribution in [2.24, 2.45) is 0 Å². The molecule has 1 aromatic rings. The van der Waals surface area contributed by atoms with Gasteiger partial charge >= 0.3 is 0 Å². The van der Waals surface area contributed by atoms with Crippen molar-refractivity contribution in [2.75, 3.05) is 0 Å². The van der Waals surface area contributed by atoms with Gasteiger partial charge in [0.15, 0.2) is 10.4 Å². The van der Waals surface area contributed by atoms with Crippen LogP contribution in [0.5, 0.6) is 0 Å². The minimum atomic E-state index is -0.360. The molecule has 1 rings (SSSR count). The first-order valence-electron chi connectivity index (χ1n) is 2.19. The molecule has 0 amide bonds. The summed E-state index contributed by atoms with van der Waals surface area (Å²) in [5.41, 5.74) is 0. The van der Waals surface area contributed by atoms with Gasteiger partial charge < -0.3 is 4.42 Å². The van der Waals surface area contributed by atoms with E-state index in [1.807, 2.05) is 0 Å². The largest absolute Gasteiger partial charge is 0.445 e. The van der Waals surface area contributed by atoms with Gasteiger partial charge in [-0.2, -0.15) is 0 Å². The lowest BCUT2D eigenvalue weighted by atomic mass is 10.5. The molecule has 0 aromatic carbocycles. The molecular weight excluding hydrogens is 204 g/mol. The van der Waals surface area contributed by atoms with Crippen molar-refractivity contribution >= 4 is 33.7 Å². The predicted octanol–water partition coefficient (Wildman–Crippen LogP) is 2.11. The number of rotatable bonds is 1. The Kier molecular flexibility index (Phi) is 1.97. The van der Waals surface area contributed by atoms with Crippen LogP contribution >= 0.6 is 28.6 Å². The van der Waals surface area contributed by atoms with E-state index in [2.05, 4.69) is 28.6 Å². The zero-order valence-electron chi connectivity index (χ0n) is 4.30. The maximum atomic E-state index is 10.4. The smallest absolute Gasteiger partial charge is 0.251 e. The Hall–Kier alpha value is -0.220. The second-order valence-corrected chi connectivity index (χ2v) is 2.60. The van der Waals surface area contributed by atoms with E-state index in [1.54, 1.807) is 12.1 Å². The number of carbonyl (C=O) groups excluding carboxylic acids is 1. The molecule has 0 aliphatic carbocycles. The Morgan fingerprint density at radius 1 is 1.67 bits per heavy atom. The van der Waals surface area contributed by atoms with Gasteiger partial charge in [-0.1, -0.05) is 12.6 Å². The second-order valence-electron chi connectivity index (χ2n) is 1.41. The van der Waals surface area contributed by atoms with Crippen molar-refractivity contribution in [3.63, 3.8) is 0 Å². The van der Waals surface area contributed by atoms with Crippen LogP contribution in [0.3, 0.4) is 0 Å². The molecule has 9 heavy (non-hydrogen) atoms. The molecule has 0 spiro atoms. The zero-order chi connectivity index (χ0) is 6.85. The average molecular weight is 207 g/mol. The molecule has 0 radical (unpaired) electrons. The topological polar surface area (TPSA) is 30.2 Å². The van der Waals surface area contributed by atoms with E-state index in [9.17, 15) is 4.79 Å². The van der Waals surface area contributed by atoms with E-state index < -0.39 is 0 Å². The fourth-order valence-corrected chi connectivity index (χ4v) is 0.856. The number of thiol groups is 1. The van der Waals surface area contributed by atoms with Crippen molar-refractivity contribution in [2.45, 2.75) is 0 Å². The van der Waals surface area contributed by atoms with Crippen molar-refractivity contribution in [1.82, 2.24) is 0 Å². The second kappa shape index (κ2) is 2.58. The number of furan rings is 1. The fraction of sp³-hybridized carbons (Fsp3) is 0. The average Bonchev–Trinajstić information content (AvgIpc) is 2.14. The Bertz CT molecular complexity index is 231.